The molecule has 5 aromatic rings. The van der Waals surface area contributed by atoms with Crippen LogP contribution in [0.1, 0.15) is 63.0 Å². The van der Waals surface area contributed by atoms with Gasteiger partial charge in [0, 0.05) is 40.0 Å². The van der Waals surface area contributed by atoms with Gasteiger partial charge in [0.1, 0.15) is 0 Å². The fraction of sp³-hybridized carbons (Fsp3) is 0.294. The number of fused-ring (bicyclic) bond motifs is 4. The number of aromatic nitrogens is 6. The molecule has 2 bridgehead atoms. The molecule has 0 radical (unpaired) electrons. The summed E-state index contributed by atoms with van der Waals surface area (Å²) in [4.78, 5) is 36.2. The monoisotopic (exact) mass is 677 g/mol. The van der Waals surface area contributed by atoms with Crippen molar-refractivity contribution in [3.8, 4) is 28.1 Å². The molecular formula is C34H31ClF3N7O3. The van der Waals surface area contributed by atoms with Crippen molar-refractivity contribution in [2.45, 2.75) is 57.9 Å². The van der Waals surface area contributed by atoms with Gasteiger partial charge in [0.05, 0.1) is 41.2 Å². The average molecular weight is 678 g/mol. The lowest BCUT2D eigenvalue weighted by Gasteiger charge is -2.24. The van der Waals surface area contributed by atoms with Gasteiger partial charge in [-0.05, 0) is 74.2 Å². The maximum absolute atomic E-state index is 13.8. The first-order chi connectivity index (χ1) is 22.7. The van der Waals surface area contributed by atoms with Crippen LogP contribution in [0, 0.1) is 5.92 Å². The number of alkyl halides is 3. The van der Waals surface area contributed by atoms with Crippen molar-refractivity contribution >= 4 is 23.2 Å². The summed E-state index contributed by atoms with van der Waals surface area (Å²) < 4.78 is 42.2. The van der Waals surface area contributed by atoms with Gasteiger partial charge in [-0.1, -0.05) is 42.3 Å². The van der Waals surface area contributed by atoms with Crippen LogP contribution in [0.3, 0.4) is 0 Å². The second-order valence-corrected chi connectivity index (χ2v) is 12.8. The molecule has 0 spiro atoms. The highest BCUT2D eigenvalue weighted by molar-refractivity contribution is 6.31. The van der Waals surface area contributed by atoms with E-state index in [-0.39, 0.29) is 33.8 Å². The van der Waals surface area contributed by atoms with E-state index < -0.39 is 29.1 Å². The van der Waals surface area contributed by atoms with Gasteiger partial charge >= 0.3 is 6.18 Å². The first kappa shape index (κ1) is 33.0. The van der Waals surface area contributed by atoms with E-state index in [2.05, 4.69) is 25.6 Å². The van der Waals surface area contributed by atoms with Gasteiger partial charge in [0.2, 0.25) is 5.91 Å². The third-order valence-corrected chi connectivity index (χ3v) is 8.65. The van der Waals surface area contributed by atoms with Crippen LogP contribution in [-0.4, -0.2) is 40.5 Å². The van der Waals surface area contributed by atoms with Crippen LogP contribution in [0.2, 0.25) is 5.02 Å². The summed E-state index contributed by atoms with van der Waals surface area (Å²) in [5.41, 5.74) is 1.21. The van der Waals surface area contributed by atoms with Gasteiger partial charge in [-0.25, -0.2) is 9.67 Å². The fourth-order valence-electron chi connectivity index (χ4n) is 5.73. The van der Waals surface area contributed by atoms with Crippen LogP contribution in [-0.2, 0) is 16.6 Å². The third-order valence-electron chi connectivity index (χ3n) is 8.42. The zero-order valence-electron chi connectivity index (χ0n) is 26.2. The lowest BCUT2D eigenvalue weighted by molar-refractivity contribution is -0.141. The largest absolute Gasteiger partial charge is 0.436 e. The summed E-state index contributed by atoms with van der Waals surface area (Å²) in [5.74, 6) is -0.506. The van der Waals surface area contributed by atoms with Crippen molar-refractivity contribution in [3.05, 3.63) is 106 Å². The Hall–Kier alpha value is -4.88. The molecule has 0 fully saturated rings. The molecule has 0 saturated heterocycles. The average Bonchev–Trinajstić information content (AvgIpc) is 3.54. The van der Waals surface area contributed by atoms with Crippen LogP contribution < -0.4 is 10.9 Å². The molecule has 48 heavy (non-hydrogen) atoms. The Morgan fingerprint density at radius 2 is 1.77 bits per heavy atom. The number of hydrogen-bond donors (Lipinski definition) is 2. The number of aliphatic hydroxyl groups is 1. The minimum Gasteiger partial charge on any atom is -0.386 e. The number of pyridine rings is 1. The lowest BCUT2D eigenvalue weighted by Crippen LogP contribution is -2.27. The molecule has 0 unspecified atom stereocenters. The first-order valence-corrected chi connectivity index (χ1v) is 15.6. The molecule has 0 saturated carbocycles. The molecule has 14 heteroatoms. The number of nitrogens with one attached hydrogen (secondary N) is 1. The number of carbonyl (C=O) groups is 1. The molecule has 10 nitrogen and oxygen atoms in total. The Labute approximate surface area is 278 Å². The molecule has 2 aromatic carbocycles. The Bertz CT molecular complexity index is 2070. The predicted octanol–water partition coefficient (Wildman–Crippen LogP) is 6.80. The topological polar surface area (TPSA) is 128 Å². The number of anilines is 1. The number of rotatable bonds is 4. The summed E-state index contributed by atoms with van der Waals surface area (Å²) in [7, 11) is 0. The summed E-state index contributed by atoms with van der Waals surface area (Å²) >= 11 is 6.25. The van der Waals surface area contributed by atoms with Crippen molar-refractivity contribution < 1.29 is 23.1 Å². The number of amides is 1. The number of hydrogen-bond acceptors (Lipinski definition) is 7. The molecule has 6 rings (SSSR count). The van der Waals surface area contributed by atoms with E-state index in [0.717, 1.165) is 22.0 Å². The van der Waals surface area contributed by atoms with Gasteiger partial charge < -0.3 is 10.4 Å². The van der Waals surface area contributed by atoms with E-state index >= 15 is 0 Å². The second kappa shape index (κ2) is 12.6. The van der Waals surface area contributed by atoms with E-state index in [1.165, 1.54) is 35.2 Å². The maximum Gasteiger partial charge on any atom is 0.436 e. The molecule has 248 valence electrons. The summed E-state index contributed by atoms with van der Waals surface area (Å²) in [6.07, 6.45) is 0.680. The minimum absolute atomic E-state index is 0.161. The van der Waals surface area contributed by atoms with E-state index in [4.69, 9.17) is 11.6 Å². The van der Waals surface area contributed by atoms with Crippen molar-refractivity contribution in [1.29, 1.82) is 0 Å². The normalized spacial score (nSPS) is 17.2. The van der Waals surface area contributed by atoms with Gasteiger partial charge in [-0.2, -0.15) is 13.2 Å². The minimum atomic E-state index is -4.69. The van der Waals surface area contributed by atoms with E-state index in [1.54, 1.807) is 32.2 Å². The first-order valence-electron chi connectivity index (χ1n) is 15.2. The highest BCUT2D eigenvalue weighted by Crippen LogP contribution is 2.36. The summed E-state index contributed by atoms with van der Waals surface area (Å²) in [6, 6.07) is 14.3. The molecule has 2 atom stereocenters. The van der Waals surface area contributed by atoms with Crippen molar-refractivity contribution in [2.75, 3.05) is 5.32 Å². The Morgan fingerprint density at radius 1 is 0.979 bits per heavy atom. The molecule has 1 amide bonds. The maximum atomic E-state index is 13.8. The number of halogens is 4. The zero-order valence-corrected chi connectivity index (χ0v) is 26.9. The van der Waals surface area contributed by atoms with Crippen LogP contribution >= 0.6 is 11.6 Å². The smallest absolute Gasteiger partial charge is 0.386 e. The van der Waals surface area contributed by atoms with Gasteiger partial charge in [-0.15, -0.1) is 5.10 Å². The SMILES string of the molecule is C[C@@H]1CCC[C@H](n2cnc(-c3cc(Cl)ccc3-n3cc(C(F)(F)F)nn3)cc2=O)c2cc(ccn2)-c2ccc(C(C)(C)O)cc2NC1=O. The molecule has 2 N–H and O–H groups in total. The van der Waals surface area contributed by atoms with Crippen molar-refractivity contribution in [2.24, 2.45) is 5.92 Å². The Kier molecular flexibility index (Phi) is 8.69. The van der Waals surface area contributed by atoms with Crippen LogP contribution in [0.15, 0.2) is 78.1 Å². The molecule has 1 aliphatic heterocycles. The predicted molar refractivity (Wildman–Crippen MR) is 174 cm³/mol. The van der Waals surface area contributed by atoms with E-state index in [9.17, 15) is 27.9 Å². The quantitative estimate of drug-likeness (QED) is 0.214. The molecule has 0 aliphatic carbocycles. The number of carbonyl (C=O) groups excluding carboxylic acids is 1. The fourth-order valence-corrected chi connectivity index (χ4v) is 5.90. The highest BCUT2D eigenvalue weighted by atomic mass is 35.5. The van der Waals surface area contributed by atoms with Gasteiger partial charge in [0.25, 0.3) is 5.56 Å². The summed E-state index contributed by atoms with van der Waals surface area (Å²) in [6.45, 7) is 5.18. The molecular weight excluding hydrogens is 647 g/mol. The zero-order chi connectivity index (χ0) is 34.4. The number of nitrogens with zero attached hydrogens (tertiary/aromatic N) is 6. The van der Waals surface area contributed by atoms with Crippen LogP contribution in [0.5, 0.6) is 0 Å². The molecule has 4 heterocycles. The van der Waals surface area contributed by atoms with Gasteiger partial charge in [0.15, 0.2) is 5.69 Å². The third kappa shape index (κ3) is 6.74. The van der Waals surface area contributed by atoms with E-state index in [1.807, 2.05) is 25.1 Å². The highest BCUT2D eigenvalue weighted by Gasteiger charge is 2.35. The Morgan fingerprint density at radius 3 is 2.48 bits per heavy atom. The van der Waals surface area contributed by atoms with Crippen LogP contribution in [0.25, 0.3) is 28.1 Å². The van der Waals surface area contributed by atoms with Crippen LogP contribution in [0.4, 0.5) is 18.9 Å². The standard InChI is InChI=1S/C34H31ClF3N7O3/c1-19-5-4-6-29(27-13-20(11-12-39-27)23-9-7-21(33(2,3)48)14-26(23)41-32(19)47)44-18-40-25(16-31(44)46)24-15-22(35)8-10-28(24)45-17-30(42-43-45)34(36,37)38/h7-19,29,48H,4-6H2,1-3H3,(H,41,47)/t19-,29+/m1/s1. The Balaban J connectivity index is 1.42. The second-order valence-electron chi connectivity index (χ2n) is 12.4. The summed E-state index contributed by atoms with van der Waals surface area (Å²) in [5, 5.41) is 20.8. The van der Waals surface area contributed by atoms with Gasteiger partial charge in [-0.3, -0.25) is 19.1 Å². The molecule has 1 aliphatic rings. The van der Waals surface area contributed by atoms with Crippen molar-refractivity contribution in [3.63, 3.8) is 0 Å². The van der Waals surface area contributed by atoms with Crippen molar-refractivity contribution in [1.82, 2.24) is 29.5 Å². The van der Waals surface area contributed by atoms with E-state index in [0.29, 0.717) is 36.2 Å². The number of benzene rings is 2. The molecule has 3 aromatic heterocycles. The lowest BCUT2D eigenvalue weighted by atomic mass is 9.92.